The molecule has 4 rings (SSSR count). The fourth-order valence-corrected chi connectivity index (χ4v) is 3.93. The molecule has 1 aromatic heterocycles. The summed E-state index contributed by atoms with van der Waals surface area (Å²) < 4.78 is 11.0. The molecule has 0 aliphatic carbocycles. The molecule has 2 aromatic carbocycles. The summed E-state index contributed by atoms with van der Waals surface area (Å²) in [5, 5.41) is 1.05. The van der Waals surface area contributed by atoms with E-state index in [0.29, 0.717) is 12.3 Å². The molecule has 1 fully saturated rings. The van der Waals surface area contributed by atoms with Crippen molar-refractivity contribution >= 4 is 16.9 Å². The van der Waals surface area contributed by atoms with Crippen molar-refractivity contribution in [2.24, 2.45) is 0 Å². The summed E-state index contributed by atoms with van der Waals surface area (Å²) in [5.41, 5.74) is 5.50. The van der Waals surface area contributed by atoms with Crippen LogP contribution in [0.25, 0.3) is 11.0 Å². The number of nitrogens with zero attached hydrogens (tertiary/aromatic N) is 1. The first kappa shape index (κ1) is 17.7. The van der Waals surface area contributed by atoms with Crippen molar-refractivity contribution in [3.63, 3.8) is 0 Å². The summed E-state index contributed by atoms with van der Waals surface area (Å²) in [5.74, 6) is 1.43. The summed E-state index contributed by atoms with van der Waals surface area (Å²) in [4.78, 5) is 14.8. The summed E-state index contributed by atoms with van der Waals surface area (Å²) in [6.07, 6.45) is 3.14. The predicted molar refractivity (Wildman–Crippen MR) is 106 cm³/mol. The van der Waals surface area contributed by atoms with Gasteiger partial charge in [-0.15, -0.1) is 0 Å². The number of carbonyl (C=O) groups is 1. The van der Waals surface area contributed by atoms with Crippen LogP contribution in [0.2, 0.25) is 0 Å². The zero-order valence-electron chi connectivity index (χ0n) is 16.1. The Kier molecular flexibility index (Phi) is 4.65. The number of methoxy groups -OCH3 is 1. The molecule has 1 saturated heterocycles. The number of hydrogen-bond donors (Lipinski definition) is 0. The third-order valence-corrected chi connectivity index (χ3v) is 5.81. The topological polar surface area (TPSA) is 42.7 Å². The number of benzene rings is 2. The molecule has 1 aliphatic heterocycles. The lowest BCUT2D eigenvalue weighted by atomic mass is 9.98. The van der Waals surface area contributed by atoms with Crippen LogP contribution in [-0.4, -0.2) is 31.0 Å². The maximum Gasteiger partial charge on any atom is 0.227 e. The fourth-order valence-electron chi connectivity index (χ4n) is 3.93. The van der Waals surface area contributed by atoms with E-state index < -0.39 is 0 Å². The van der Waals surface area contributed by atoms with Crippen molar-refractivity contribution in [1.29, 1.82) is 0 Å². The van der Waals surface area contributed by atoms with Crippen molar-refractivity contribution in [1.82, 2.24) is 4.90 Å². The molecule has 4 nitrogen and oxygen atoms in total. The van der Waals surface area contributed by atoms with Crippen LogP contribution in [0.5, 0.6) is 5.75 Å². The molecule has 0 N–H and O–H groups in total. The van der Waals surface area contributed by atoms with Gasteiger partial charge >= 0.3 is 0 Å². The van der Waals surface area contributed by atoms with Gasteiger partial charge in [0.25, 0.3) is 0 Å². The number of ether oxygens (including phenoxy) is 1. The second kappa shape index (κ2) is 7.10. The average molecular weight is 363 g/mol. The van der Waals surface area contributed by atoms with Crippen LogP contribution >= 0.6 is 0 Å². The molecule has 1 amide bonds. The highest BCUT2D eigenvalue weighted by atomic mass is 16.5. The van der Waals surface area contributed by atoms with Gasteiger partial charge in [-0.1, -0.05) is 24.3 Å². The van der Waals surface area contributed by atoms with Gasteiger partial charge in [-0.05, 0) is 49.1 Å². The standard InChI is InChI=1S/C23H25NO3/c1-15-4-9-21-19(14-27-23(21)16(15)2)12-22(25)24-11-10-18(13-24)17-5-7-20(26-3)8-6-17/h4-9,14,18H,10-13H2,1-3H3. The van der Waals surface area contributed by atoms with Crippen LogP contribution in [0.4, 0.5) is 0 Å². The number of aryl methyl sites for hydroxylation is 2. The Labute approximate surface area is 159 Å². The van der Waals surface area contributed by atoms with E-state index in [1.807, 2.05) is 17.0 Å². The molecule has 0 radical (unpaired) electrons. The molecule has 1 atom stereocenters. The number of likely N-dealkylation sites (tertiary alicyclic amines) is 1. The first-order valence-corrected chi connectivity index (χ1v) is 9.45. The Morgan fingerprint density at radius 1 is 1.19 bits per heavy atom. The minimum absolute atomic E-state index is 0.173. The van der Waals surface area contributed by atoms with E-state index in [4.69, 9.17) is 9.15 Å². The van der Waals surface area contributed by atoms with Gasteiger partial charge in [0.15, 0.2) is 0 Å². The van der Waals surface area contributed by atoms with Gasteiger partial charge in [0.2, 0.25) is 5.91 Å². The van der Waals surface area contributed by atoms with Gasteiger partial charge in [0.1, 0.15) is 11.3 Å². The molecular formula is C23H25NO3. The van der Waals surface area contributed by atoms with E-state index >= 15 is 0 Å². The van der Waals surface area contributed by atoms with Crippen LogP contribution in [0.15, 0.2) is 47.1 Å². The lowest BCUT2D eigenvalue weighted by Crippen LogP contribution is -2.29. The summed E-state index contributed by atoms with van der Waals surface area (Å²) in [7, 11) is 1.67. The molecule has 2 heterocycles. The van der Waals surface area contributed by atoms with Gasteiger partial charge < -0.3 is 14.1 Å². The molecule has 0 saturated carbocycles. The molecule has 0 bridgehead atoms. The van der Waals surface area contributed by atoms with Crippen molar-refractivity contribution in [2.75, 3.05) is 20.2 Å². The maximum atomic E-state index is 12.8. The highest BCUT2D eigenvalue weighted by molar-refractivity contribution is 5.89. The van der Waals surface area contributed by atoms with Crippen molar-refractivity contribution in [2.45, 2.75) is 32.6 Å². The second-order valence-electron chi connectivity index (χ2n) is 7.42. The van der Waals surface area contributed by atoms with Gasteiger partial charge in [-0.3, -0.25) is 4.79 Å². The second-order valence-corrected chi connectivity index (χ2v) is 7.42. The number of carbonyl (C=O) groups excluding carboxylic acids is 1. The van der Waals surface area contributed by atoms with Crippen LogP contribution in [0.1, 0.15) is 34.6 Å². The summed E-state index contributed by atoms with van der Waals surface area (Å²) in [6.45, 7) is 5.72. The average Bonchev–Trinajstić information content (AvgIpc) is 3.33. The Morgan fingerprint density at radius 2 is 1.96 bits per heavy atom. The highest BCUT2D eigenvalue weighted by Crippen LogP contribution is 2.30. The zero-order valence-corrected chi connectivity index (χ0v) is 16.1. The van der Waals surface area contributed by atoms with Gasteiger partial charge in [-0.2, -0.15) is 0 Å². The van der Waals surface area contributed by atoms with Crippen molar-refractivity contribution in [3.8, 4) is 5.75 Å². The predicted octanol–water partition coefficient (Wildman–Crippen LogP) is 4.62. The SMILES string of the molecule is COc1ccc(C2CCN(C(=O)Cc3coc4c(C)c(C)ccc34)C2)cc1. The van der Waals surface area contributed by atoms with Crippen LogP contribution in [-0.2, 0) is 11.2 Å². The molecule has 140 valence electrons. The van der Waals surface area contributed by atoms with Crippen molar-refractivity contribution < 1.29 is 13.9 Å². The van der Waals surface area contributed by atoms with Crippen molar-refractivity contribution in [3.05, 3.63) is 64.9 Å². The lowest BCUT2D eigenvalue weighted by molar-refractivity contribution is -0.129. The van der Waals surface area contributed by atoms with Crippen LogP contribution in [0.3, 0.4) is 0 Å². The van der Waals surface area contributed by atoms with Crippen LogP contribution in [0, 0.1) is 13.8 Å². The third kappa shape index (κ3) is 3.32. The summed E-state index contributed by atoms with van der Waals surface area (Å²) in [6, 6.07) is 12.3. The number of fused-ring (bicyclic) bond motifs is 1. The molecule has 27 heavy (non-hydrogen) atoms. The van der Waals surface area contributed by atoms with Crippen LogP contribution < -0.4 is 4.74 Å². The Morgan fingerprint density at radius 3 is 2.70 bits per heavy atom. The zero-order chi connectivity index (χ0) is 19.0. The fraction of sp³-hybridized carbons (Fsp3) is 0.348. The smallest absolute Gasteiger partial charge is 0.227 e. The first-order chi connectivity index (χ1) is 13.1. The van der Waals surface area contributed by atoms with E-state index in [0.717, 1.165) is 47.4 Å². The first-order valence-electron chi connectivity index (χ1n) is 9.45. The lowest BCUT2D eigenvalue weighted by Gasteiger charge is -2.16. The normalized spacial score (nSPS) is 16.9. The Bertz CT molecular complexity index is 971. The van der Waals surface area contributed by atoms with Gasteiger partial charge in [0, 0.05) is 30.0 Å². The minimum Gasteiger partial charge on any atom is -0.497 e. The highest BCUT2D eigenvalue weighted by Gasteiger charge is 2.28. The Hall–Kier alpha value is -2.75. The number of furan rings is 1. The monoisotopic (exact) mass is 363 g/mol. The largest absolute Gasteiger partial charge is 0.497 e. The summed E-state index contributed by atoms with van der Waals surface area (Å²) >= 11 is 0. The maximum absolute atomic E-state index is 12.8. The van der Waals surface area contributed by atoms with E-state index in [1.165, 1.54) is 11.1 Å². The molecule has 3 aromatic rings. The van der Waals surface area contributed by atoms with Gasteiger partial charge in [-0.25, -0.2) is 0 Å². The molecule has 4 heteroatoms. The molecule has 1 aliphatic rings. The third-order valence-electron chi connectivity index (χ3n) is 5.81. The van der Waals surface area contributed by atoms with E-state index in [1.54, 1.807) is 13.4 Å². The number of amides is 1. The molecule has 0 spiro atoms. The Balaban J connectivity index is 1.45. The quantitative estimate of drug-likeness (QED) is 0.679. The number of rotatable bonds is 4. The molecular weight excluding hydrogens is 338 g/mol. The number of hydrogen-bond acceptors (Lipinski definition) is 3. The van der Waals surface area contributed by atoms with Gasteiger partial charge in [0.05, 0.1) is 19.8 Å². The van der Waals surface area contributed by atoms with E-state index in [2.05, 4.69) is 38.1 Å². The van der Waals surface area contributed by atoms with E-state index in [-0.39, 0.29) is 5.91 Å². The van der Waals surface area contributed by atoms with E-state index in [9.17, 15) is 4.79 Å². The minimum atomic E-state index is 0.173. The molecule has 1 unspecified atom stereocenters.